The number of aromatic nitrogens is 1. The first-order valence-electron chi connectivity index (χ1n) is 12.5. The highest BCUT2D eigenvalue weighted by Crippen LogP contribution is 2.33. The van der Waals surface area contributed by atoms with Gasteiger partial charge in [0.05, 0.1) is 16.5 Å². The fourth-order valence-corrected chi connectivity index (χ4v) is 5.57. The number of para-hydroxylation sites is 1. The molecule has 5 nitrogen and oxygen atoms in total. The lowest BCUT2D eigenvalue weighted by Gasteiger charge is -2.10. The molecule has 0 fully saturated rings. The van der Waals surface area contributed by atoms with E-state index in [0.29, 0.717) is 24.8 Å². The minimum absolute atomic E-state index is 0.283. The summed E-state index contributed by atoms with van der Waals surface area (Å²) in [4.78, 5) is 0.283. The molecule has 3 N–H and O–H groups in total. The molecule has 0 spiro atoms. The van der Waals surface area contributed by atoms with E-state index in [0.717, 1.165) is 42.2 Å². The monoisotopic (exact) mass is 496 g/mol. The molecule has 0 bridgehead atoms. The van der Waals surface area contributed by atoms with Gasteiger partial charge in [-0.05, 0) is 50.4 Å². The Kier molecular flexibility index (Phi) is 12.0. The van der Waals surface area contributed by atoms with Crippen LogP contribution in [0.3, 0.4) is 0 Å². The zero-order valence-electron chi connectivity index (χ0n) is 21.2. The van der Waals surface area contributed by atoms with Crippen molar-refractivity contribution < 1.29 is 13.5 Å². The maximum Gasteiger partial charge on any atom is 0.267 e. The topological polar surface area (TPSA) is 85.3 Å². The minimum atomic E-state index is -3.77. The van der Waals surface area contributed by atoms with Gasteiger partial charge in [-0.2, -0.15) is 0 Å². The number of aliphatic hydroxyl groups is 1. The van der Waals surface area contributed by atoms with E-state index in [2.05, 4.69) is 12.7 Å². The van der Waals surface area contributed by atoms with Gasteiger partial charge in [-0.15, -0.1) is 0 Å². The zero-order valence-corrected chi connectivity index (χ0v) is 22.0. The molecular formula is C29H40N2O3S. The quantitative estimate of drug-likeness (QED) is 0.218. The number of rotatable bonds is 12. The molecule has 0 saturated heterocycles. The Morgan fingerprint density at radius 3 is 2.37 bits per heavy atom. The predicted octanol–water partition coefficient (Wildman–Crippen LogP) is 6.63. The summed E-state index contributed by atoms with van der Waals surface area (Å²) < 4.78 is 28.8. The van der Waals surface area contributed by atoms with Gasteiger partial charge in [0, 0.05) is 17.1 Å². The van der Waals surface area contributed by atoms with E-state index >= 15 is 0 Å². The number of aliphatic hydroxyl groups excluding tert-OH is 1. The lowest BCUT2D eigenvalue weighted by atomic mass is 10.1. The molecule has 1 unspecified atom stereocenters. The Morgan fingerprint density at radius 2 is 1.69 bits per heavy atom. The van der Waals surface area contributed by atoms with Crippen molar-refractivity contribution in [3.63, 3.8) is 0 Å². The van der Waals surface area contributed by atoms with Crippen LogP contribution in [0.1, 0.15) is 58.8 Å². The first kappa shape index (κ1) is 28.6. The molecule has 0 amide bonds. The summed E-state index contributed by atoms with van der Waals surface area (Å²) >= 11 is 0. The summed E-state index contributed by atoms with van der Waals surface area (Å²) in [6, 6.07) is 17.5. The fourth-order valence-electron chi connectivity index (χ4n) is 4.03. The third-order valence-electron chi connectivity index (χ3n) is 5.81. The minimum Gasteiger partial charge on any atom is -0.393 e. The molecule has 0 radical (unpaired) electrons. The van der Waals surface area contributed by atoms with Crippen LogP contribution in [0.2, 0.25) is 0 Å². The van der Waals surface area contributed by atoms with Gasteiger partial charge in [0.15, 0.2) is 0 Å². The van der Waals surface area contributed by atoms with Gasteiger partial charge in [-0.25, -0.2) is 12.4 Å². The smallest absolute Gasteiger partial charge is 0.267 e. The molecule has 1 atom stereocenters. The SMILES string of the molecule is CC/C=C(\C=C/CCC(O)CCCCC)S(=O)(=O)n1cc(-c2ccccc2)c2ccccc21.CN. The van der Waals surface area contributed by atoms with Crippen LogP contribution >= 0.6 is 0 Å². The van der Waals surface area contributed by atoms with Crippen molar-refractivity contribution in [1.82, 2.24) is 3.97 Å². The Bertz CT molecular complexity index is 1200. The number of allylic oxidation sites excluding steroid dienone is 3. The first-order chi connectivity index (χ1) is 17.0. The van der Waals surface area contributed by atoms with Crippen molar-refractivity contribution in [2.45, 2.75) is 64.9 Å². The van der Waals surface area contributed by atoms with Crippen LogP contribution in [0.4, 0.5) is 0 Å². The number of unbranched alkanes of at least 4 members (excludes halogenated alkanes) is 2. The number of nitrogens with two attached hydrogens (primary N) is 1. The molecular weight excluding hydrogens is 456 g/mol. The molecule has 35 heavy (non-hydrogen) atoms. The van der Waals surface area contributed by atoms with Crippen LogP contribution < -0.4 is 5.73 Å². The summed E-state index contributed by atoms with van der Waals surface area (Å²) in [6.45, 7) is 4.08. The standard InChI is InChI=1S/C28H35NO3S.CH5N/c1-3-5-7-17-24(30)18-10-11-19-25(14-4-2)33(31,32)29-22-27(23-15-8-6-9-16-23)26-20-12-13-21-28(26)29;1-2/h6,8-9,11-16,19-22,24,30H,3-5,7,10,17-18H2,1-2H3;2H2,1H3/b19-11-,25-14+;. The summed E-state index contributed by atoms with van der Waals surface area (Å²) in [6.07, 6.45) is 12.7. The van der Waals surface area contributed by atoms with Crippen LogP contribution in [-0.2, 0) is 10.0 Å². The second kappa shape index (κ2) is 14.7. The molecule has 1 heterocycles. The number of hydrogen-bond donors (Lipinski definition) is 2. The van der Waals surface area contributed by atoms with Crippen molar-refractivity contribution in [3.8, 4) is 11.1 Å². The average molecular weight is 497 g/mol. The van der Waals surface area contributed by atoms with Gasteiger partial charge < -0.3 is 10.8 Å². The van der Waals surface area contributed by atoms with E-state index < -0.39 is 10.0 Å². The fraction of sp³-hybridized carbons (Fsp3) is 0.379. The van der Waals surface area contributed by atoms with Crippen molar-refractivity contribution in [1.29, 1.82) is 0 Å². The third-order valence-corrected chi connectivity index (χ3v) is 7.53. The number of benzene rings is 2. The predicted molar refractivity (Wildman–Crippen MR) is 149 cm³/mol. The number of hydrogen-bond acceptors (Lipinski definition) is 4. The van der Waals surface area contributed by atoms with Crippen LogP contribution in [0.15, 0.2) is 83.9 Å². The number of fused-ring (bicyclic) bond motifs is 1. The maximum absolute atomic E-state index is 13.7. The Balaban J connectivity index is 0.00000210. The van der Waals surface area contributed by atoms with Crippen molar-refractivity contribution in [2.75, 3.05) is 7.05 Å². The summed E-state index contributed by atoms with van der Waals surface area (Å²) in [5.41, 5.74) is 7.04. The van der Waals surface area contributed by atoms with E-state index in [1.807, 2.05) is 67.6 Å². The Hall–Kier alpha value is -2.67. The van der Waals surface area contributed by atoms with E-state index in [1.165, 1.54) is 11.0 Å². The third kappa shape index (κ3) is 7.66. The van der Waals surface area contributed by atoms with Crippen LogP contribution in [0.5, 0.6) is 0 Å². The van der Waals surface area contributed by atoms with Crippen molar-refractivity contribution in [2.24, 2.45) is 5.73 Å². The zero-order chi connectivity index (χ0) is 25.7. The van der Waals surface area contributed by atoms with Gasteiger partial charge >= 0.3 is 0 Å². The molecule has 3 rings (SSSR count). The number of nitrogens with zero attached hydrogens (tertiary/aromatic N) is 1. The molecule has 0 aliphatic heterocycles. The normalized spacial score (nSPS) is 13.1. The van der Waals surface area contributed by atoms with Gasteiger partial charge in [0.25, 0.3) is 10.0 Å². The van der Waals surface area contributed by atoms with Gasteiger partial charge in [-0.3, -0.25) is 0 Å². The van der Waals surface area contributed by atoms with Crippen LogP contribution in [0.25, 0.3) is 22.0 Å². The second-order valence-electron chi connectivity index (χ2n) is 8.37. The molecule has 0 aliphatic carbocycles. The Labute approximate surface area is 211 Å². The lowest BCUT2D eigenvalue weighted by Crippen LogP contribution is -2.13. The van der Waals surface area contributed by atoms with E-state index in [1.54, 1.807) is 18.3 Å². The van der Waals surface area contributed by atoms with Gasteiger partial charge in [0.1, 0.15) is 0 Å². The lowest BCUT2D eigenvalue weighted by molar-refractivity contribution is 0.152. The summed E-state index contributed by atoms with van der Waals surface area (Å²) in [5.74, 6) is 0. The van der Waals surface area contributed by atoms with Gasteiger partial charge in [-0.1, -0.05) is 93.8 Å². The molecule has 0 aliphatic rings. The highest BCUT2D eigenvalue weighted by molar-refractivity contribution is 7.94. The second-order valence-corrected chi connectivity index (χ2v) is 10.2. The summed E-state index contributed by atoms with van der Waals surface area (Å²) in [5, 5.41) is 11.0. The van der Waals surface area contributed by atoms with Crippen LogP contribution in [-0.4, -0.2) is 30.6 Å². The average Bonchev–Trinajstić information content (AvgIpc) is 3.28. The highest BCUT2D eigenvalue weighted by atomic mass is 32.2. The van der Waals surface area contributed by atoms with E-state index in [9.17, 15) is 13.5 Å². The Morgan fingerprint density at radius 1 is 1.00 bits per heavy atom. The molecule has 3 aromatic rings. The van der Waals surface area contributed by atoms with Gasteiger partial charge in [0.2, 0.25) is 0 Å². The van der Waals surface area contributed by atoms with E-state index in [-0.39, 0.29) is 11.0 Å². The largest absolute Gasteiger partial charge is 0.393 e. The van der Waals surface area contributed by atoms with Crippen molar-refractivity contribution >= 4 is 20.9 Å². The molecule has 0 saturated carbocycles. The summed E-state index contributed by atoms with van der Waals surface area (Å²) in [7, 11) is -2.27. The molecule has 2 aromatic carbocycles. The highest BCUT2D eigenvalue weighted by Gasteiger charge is 2.22. The van der Waals surface area contributed by atoms with Crippen LogP contribution in [0, 0.1) is 0 Å². The molecule has 1 aromatic heterocycles. The first-order valence-corrected chi connectivity index (χ1v) is 14.0. The van der Waals surface area contributed by atoms with E-state index in [4.69, 9.17) is 0 Å². The molecule has 190 valence electrons. The molecule has 6 heteroatoms. The van der Waals surface area contributed by atoms with Crippen molar-refractivity contribution in [3.05, 3.63) is 83.9 Å². The maximum atomic E-state index is 13.7.